The number of allylic oxidation sites excluding steroid dienone is 1. The van der Waals surface area contributed by atoms with E-state index in [0.717, 1.165) is 19.3 Å². The zero-order chi connectivity index (χ0) is 23.5. The van der Waals surface area contributed by atoms with Crippen LogP contribution in [0.25, 0.3) is 0 Å². The second-order valence-electron chi connectivity index (χ2n) is 15.2. The van der Waals surface area contributed by atoms with E-state index in [-0.39, 0.29) is 39.3 Å². The minimum atomic E-state index is -0.225. The Morgan fingerprint density at radius 1 is 0.688 bits per heavy atom. The Hall–Kier alpha value is -0.340. The lowest BCUT2D eigenvalue weighted by Gasteiger charge is -2.73. The van der Waals surface area contributed by atoms with E-state index in [9.17, 15) is 10.2 Å². The van der Waals surface area contributed by atoms with Crippen LogP contribution in [0.4, 0.5) is 0 Å². The Morgan fingerprint density at radius 3 is 2.06 bits per heavy atom. The van der Waals surface area contributed by atoms with Crippen molar-refractivity contribution in [3.05, 3.63) is 11.6 Å². The first-order valence-electron chi connectivity index (χ1n) is 13.7. The average Bonchev–Trinajstić information content (AvgIpc) is 2.68. The lowest BCUT2D eigenvalue weighted by molar-refractivity contribution is -0.238. The first kappa shape index (κ1) is 23.4. The van der Waals surface area contributed by atoms with Gasteiger partial charge in [0, 0.05) is 5.41 Å². The molecule has 0 aromatic carbocycles. The maximum atomic E-state index is 11.7. The van der Waals surface area contributed by atoms with E-state index >= 15 is 0 Å². The van der Waals surface area contributed by atoms with Gasteiger partial charge in [-0.05, 0) is 103 Å². The van der Waals surface area contributed by atoms with Gasteiger partial charge in [0.1, 0.15) is 0 Å². The van der Waals surface area contributed by atoms with Crippen LogP contribution in [0.15, 0.2) is 11.6 Å². The molecule has 0 bridgehead atoms. The topological polar surface area (TPSA) is 40.5 Å². The zero-order valence-corrected chi connectivity index (χ0v) is 22.2. The largest absolute Gasteiger partial charge is 0.393 e. The first-order valence-corrected chi connectivity index (χ1v) is 13.7. The third kappa shape index (κ3) is 2.72. The molecule has 9 atom stereocenters. The molecule has 2 N–H and O–H groups in total. The van der Waals surface area contributed by atoms with E-state index in [1.807, 2.05) is 0 Å². The molecule has 0 spiro atoms. The molecule has 0 radical (unpaired) electrons. The van der Waals surface area contributed by atoms with Crippen molar-refractivity contribution in [3.8, 4) is 0 Å². The summed E-state index contributed by atoms with van der Waals surface area (Å²) in [5, 5.41) is 22.6. The standard InChI is InChI=1S/C30H50O2/c1-25(2)15-16-27(5)20(17-25)19-9-10-22-28(6)13-12-23(31)26(3,4)21(28)11-14-29(22,7)30(19,8)18-24(27)32/h17,19,21-24,31-32H,9-16,18H2,1-8H3. The zero-order valence-electron chi connectivity index (χ0n) is 22.2. The highest BCUT2D eigenvalue weighted by Gasteiger charge is 2.69. The number of fused-ring (bicyclic) bond motifs is 7. The molecule has 9 unspecified atom stereocenters. The fraction of sp³-hybridized carbons (Fsp3) is 0.933. The molecule has 0 saturated heterocycles. The van der Waals surface area contributed by atoms with Crippen LogP contribution < -0.4 is 0 Å². The van der Waals surface area contributed by atoms with Gasteiger partial charge in [-0.2, -0.15) is 0 Å². The van der Waals surface area contributed by atoms with Crippen molar-refractivity contribution < 1.29 is 10.2 Å². The van der Waals surface area contributed by atoms with E-state index in [1.54, 1.807) is 5.57 Å². The van der Waals surface area contributed by atoms with Gasteiger partial charge in [0.2, 0.25) is 0 Å². The molecule has 2 heteroatoms. The predicted octanol–water partition coefficient (Wildman–Crippen LogP) is 7.14. The molecule has 2 nitrogen and oxygen atoms in total. The van der Waals surface area contributed by atoms with Crippen LogP contribution in [0, 0.1) is 50.2 Å². The maximum Gasteiger partial charge on any atom is 0.0636 e. The summed E-state index contributed by atoms with van der Waals surface area (Å²) >= 11 is 0. The summed E-state index contributed by atoms with van der Waals surface area (Å²) < 4.78 is 0. The second-order valence-corrected chi connectivity index (χ2v) is 15.2. The SMILES string of the molecule is CC1(C)C=C2C3CCC4C5(C)CCC(O)C(C)(C)C5CCC4(C)C3(C)CC(O)C2(C)CC1. The highest BCUT2D eigenvalue weighted by Crippen LogP contribution is 2.76. The van der Waals surface area contributed by atoms with Gasteiger partial charge in [-0.3, -0.25) is 0 Å². The molecule has 5 rings (SSSR count). The van der Waals surface area contributed by atoms with Crippen LogP contribution in [0.1, 0.15) is 113 Å². The quantitative estimate of drug-likeness (QED) is 0.391. The predicted molar refractivity (Wildman–Crippen MR) is 132 cm³/mol. The van der Waals surface area contributed by atoms with Gasteiger partial charge >= 0.3 is 0 Å². The third-order valence-corrected chi connectivity index (χ3v) is 13.1. The molecule has 0 amide bonds. The number of aliphatic hydroxyl groups excluding tert-OH is 2. The van der Waals surface area contributed by atoms with Crippen molar-refractivity contribution >= 4 is 0 Å². The van der Waals surface area contributed by atoms with Crippen LogP contribution in [-0.2, 0) is 0 Å². The molecule has 0 heterocycles. The van der Waals surface area contributed by atoms with Gasteiger partial charge in [0.05, 0.1) is 12.2 Å². The Labute approximate surface area is 197 Å². The van der Waals surface area contributed by atoms with Crippen molar-refractivity contribution in [1.29, 1.82) is 0 Å². The smallest absolute Gasteiger partial charge is 0.0636 e. The van der Waals surface area contributed by atoms with Crippen LogP contribution in [0.2, 0.25) is 0 Å². The number of hydrogen-bond acceptors (Lipinski definition) is 2. The van der Waals surface area contributed by atoms with E-state index in [4.69, 9.17) is 0 Å². The maximum absolute atomic E-state index is 11.7. The molecule has 0 aromatic rings. The molecule has 0 aromatic heterocycles. The molecule has 182 valence electrons. The van der Waals surface area contributed by atoms with E-state index in [1.165, 1.54) is 38.5 Å². The van der Waals surface area contributed by atoms with Gasteiger partial charge in [0.15, 0.2) is 0 Å². The van der Waals surface area contributed by atoms with Crippen LogP contribution in [0.5, 0.6) is 0 Å². The summed E-state index contributed by atoms with van der Waals surface area (Å²) in [6, 6.07) is 0. The van der Waals surface area contributed by atoms with Gasteiger partial charge in [0.25, 0.3) is 0 Å². The highest BCUT2D eigenvalue weighted by molar-refractivity contribution is 5.33. The minimum absolute atomic E-state index is 0.00660. The fourth-order valence-corrected chi connectivity index (χ4v) is 10.7. The molecule has 0 aliphatic heterocycles. The second kappa shape index (κ2) is 6.66. The Kier molecular flexibility index (Phi) is 4.87. The Bertz CT molecular complexity index is 825. The Morgan fingerprint density at radius 2 is 1.38 bits per heavy atom. The van der Waals surface area contributed by atoms with Gasteiger partial charge in [-0.25, -0.2) is 0 Å². The molecule has 5 aliphatic carbocycles. The van der Waals surface area contributed by atoms with Crippen molar-refractivity contribution in [2.24, 2.45) is 50.2 Å². The van der Waals surface area contributed by atoms with E-state index in [2.05, 4.69) is 61.5 Å². The summed E-state index contributed by atoms with van der Waals surface area (Å²) in [7, 11) is 0. The number of hydrogen-bond donors (Lipinski definition) is 2. The third-order valence-electron chi connectivity index (χ3n) is 13.1. The summed E-state index contributed by atoms with van der Waals surface area (Å²) in [5.74, 6) is 1.90. The first-order chi connectivity index (χ1) is 14.6. The lowest BCUT2D eigenvalue weighted by atomic mass is 9.32. The number of aliphatic hydroxyl groups is 2. The highest BCUT2D eigenvalue weighted by atomic mass is 16.3. The van der Waals surface area contributed by atoms with Crippen LogP contribution in [0.3, 0.4) is 0 Å². The van der Waals surface area contributed by atoms with Crippen molar-refractivity contribution in [2.75, 3.05) is 0 Å². The van der Waals surface area contributed by atoms with Gasteiger partial charge in [-0.1, -0.05) is 67.0 Å². The lowest BCUT2D eigenvalue weighted by Crippen LogP contribution is -2.67. The molecule has 32 heavy (non-hydrogen) atoms. The molecular formula is C30H50O2. The monoisotopic (exact) mass is 442 g/mol. The van der Waals surface area contributed by atoms with Crippen molar-refractivity contribution in [3.63, 3.8) is 0 Å². The molecular weight excluding hydrogens is 392 g/mol. The van der Waals surface area contributed by atoms with Crippen molar-refractivity contribution in [1.82, 2.24) is 0 Å². The average molecular weight is 443 g/mol. The van der Waals surface area contributed by atoms with Crippen LogP contribution in [-0.4, -0.2) is 22.4 Å². The summed E-state index contributed by atoms with van der Waals surface area (Å²) in [6.07, 6.45) is 12.7. The van der Waals surface area contributed by atoms with Gasteiger partial charge < -0.3 is 10.2 Å². The normalized spacial score (nSPS) is 56.2. The summed E-state index contributed by atoms with van der Waals surface area (Å²) in [4.78, 5) is 0. The van der Waals surface area contributed by atoms with Gasteiger partial charge in [-0.15, -0.1) is 0 Å². The van der Waals surface area contributed by atoms with Crippen LogP contribution >= 0.6 is 0 Å². The Balaban J connectivity index is 1.59. The summed E-state index contributed by atoms with van der Waals surface area (Å²) in [6.45, 7) is 19.6. The molecule has 5 aliphatic rings. The molecule has 4 fully saturated rings. The number of rotatable bonds is 0. The van der Waals surface area contributed by atoms with E-state index < -0.39 is 0 Å². The molecule has 4 saturated carbocycles. The fourth-order valence-electron chi connectivity index (χ4n) is 10.7. The summed E-state index contributed by atoms with van der Waals surface area (Å²) in [5.41, 5.74) is 2.55. The van der Waals surface area contributed by atoms with Crippen molar-refractivity contribution in [2.45, 2.75) is 125 Å². The minimum Gasteiger partial charge on any atom is -0.393 e. The van der Waals surface area contributed by atoms with E-state index in [0.29, 0.717) is 23.2 Å².